The number of hydrogen-bond donors (Lipinski definition) is 0. The second-order valence-corrected chi connectivity index (χ2v) is 32.6. The summed E-state index contributed by atoms with van der Waals surface area (Å²) in [5, 5.41) is 10.3. The van der Waals surface area contributed by atoms with Crippen molar-refractivity contribution in [1.82, 2.24) is 15.0 Å². The Hall–Kier alpha value is -12.2. The molecule has 0 N–H and O–H groups in total. The van der Waals surface area contributed by atoms with Crippen molar-refractivity contribution in [2.45, 2.75) is 0 Å². The molecule has 10 heteroatoms. The first kappa shape index (κ1) is 57.5. The van der Waals surface area contributed by atoms with E-state index in [2.05, 4.69) is 348 Å². The Morgan fingerprint density at radius 3 is 1.07 bits per heavy atom. The third kappa shape index (κ3) is 9.43. The first-order valence-electron chi connectivity index (χ1n) is 33.1. The summed E-state index contributed by atoms with van der Waals surface area (Å²) in [6, 6.07) is 136. The summed E-state index contributed by atoms with van der Waals surface area (Å²) < 4.78 is 6.84. The summed E-state index contributed by atoms with van der Waals surface area (Å²) in [5.74, 6) is 3.18. The average Bonchev–Trinajstić information content (AvgIpc) is 0.694. The van der Waals surface area contributed by atoms with Crippen molar-refractivity contribution >= 4 is 132 Å². The van der Waals surface area contributed by atoms with Gasteiger partial charge in [0.15, 0.2) is 39.3 Å². The van der Waals surface area contributed by atoms with Crippen LogP contribution < -0.4 is 77.3 Å². The normalized spacial score (nSPS) is 12.7. The van der Waals surface area contributed by atoms with Gasteiger partial charge < -0.3 is 14.5 Å². The molecule has 0 saturated carbocycles. The van der Waals surface area contributed by atoms with Crippen LogP contribution in [0.3, 0.4) is 0 Å². The lowest BCUT2D eigenvalue weighted by molar-refractivity contribution is 0.477. The van der Waals surface area contributed by atoms with Crippen LogP contribution in [0.25, 0.3) is 22.8 Å². The molecule has 18 rings (SSSR count). The molecule has 0 radical (unpaired) electrons. The zero-order chi connectivity index (χ0) is 64.3. The lowest BCUT2D eigenvalue weighted by atomic mass is 9.33. The van der Waals surface area contributed by atoms with Crippen molar-refractivity contribution in [3.63, 3.8) is 0 Å². The zero-order valence-corrected chi connectivity index (χ0v) is 54.9. The van der Waals surface area contributed by atoms with Crippen LogP contribution >= 0.6 is 0 Å². The van der Waals surface area contributed by atoms with Gasteiger partial charge in [-0.2, -0.15) is 9.97 Å². The predicted molar refractivity (Wildman–Crippen MR) is 407 cm³/mol. The van der Waals surface area contributed by atoms with Gasteiger partial charge >= 0.3 is 0 Å². The minimum atomic E-state index is -3.17. The molecule has 3 aliphatic heterocycles. The topological polar surface area (TPSA) is 57.6 Å². The third-order valence-electron chi connectivity index (χ3n) is 19.8. The van der Waals surface area contributed by atoms with Crippen molar-refractivity contribution in [3.8, 4) is 34.3 Å². The summed E-state index contributed by atoms with van der Waals surface area (Å²) in [6.45, 7) is -0.268. The Kier molecular flexibility index (Phi) is 14.2. The quantitative estimate of drug-likeness (QED) is 0.0842. The fourth-order valence-corrected chi connectivity index (χ4v) is 25.2. The van der Waals surface area contributed by atoms with Crippen LogP contribution in [-0.2, 0) is 0 Å². The highest BCUT2D eigenvalue weighted by Gasteiger charge is 2.49. The van der Waals surface area contributed by atoms with Gasteiger partial charge in [-0.3, -0.25) is 4.90 Å². The SMILES string of the molecule is c1ccc(-c2nc(-c3ccccc3)nc(N3c4ccccc4B4c5ccc([Si](c6ccccc6)(c6ccccc6)c6ccccc6)cc5N(c5cccc([Si](c6ccccc6)(c6ccccc6)c6ccccc6)c5)c5cc(N6c7ccccc7Oc7ccccc76)cc3c54)n2)cc1. The largest absolute Gasteiger partial charge is 0.453 e. The van der Waals surface area contributed by atoms with E-state index in [4.69, 9.17) is 19.7 Å². The molecular formula is C87H61BN6OSi2. The smallest absolute Gasteiger partial charge is 0.252 e. The molecule has 14 aromatic carbocycles. The van der Waals surface area contributed by atoms with Gasteiger partial charge in [0, 0.05) is 39.6 Å². The summed E-state index contributed by atoms with van der Waals surface area (Å²) in [4.78, 5) is 23.8. The lowest BCUT2D eigenvalue weighted by Crippen LogP contribution is -2.75. The van der Waals surface area contributed by atoms with Crippen LogP contribution in [0, 0.1) is 0 Å². The van der Waals surface area contributed by atoms with E-state index >= 15 is 0 Å². The van der Waals surface area contributed by atoms with Gasteiger partial charge in [0.2, 0.25) is 5.95 Å². The highest BCUT2D eigenvalue weighted by molar-refractivity contribution is 7.20. The lowest BCUT2D eigenvalue weighted by Gasteiger charge is -2.45. The van der Waals surface area contributed by atoms with Crippen molar-refractivity contribution in [3.05, 3.63) is 370 Å². The summed E-state index contributed by atoms with van der Waals surface area (Å²) >= 11 is 0. The zero-order valence-electron chi connectivity index (χ0n) is 52.9. The molecule has 4 heterocycles. The van der Waals surface area contributed by atoms with Crippen molar-refractivity contribution < 1.29 is 4.74 Å². The number of benzene rings is 14. The van der Waals surface area contributed by atoms with Gasteiger partial charge in [0.25, 0.3) is 6.71 Å². The van der Waals surface area contributed by atoms with E-state index in [1.54, 1.807) is 0 Å². The van der Waals surface area contributed by atoms with Crippen molar-refractivity contribution in [2.24, 2.45) is 0 Å². The molecule has 0 atom stereocenters. The second kappa shape index (κ2) is 24.0. The Morgan fingerprint density at radius 1 is 0.247 bits per heavy atom. The van der Waals surface area contributed by atoms with Crippen LogP contribution in [0.1, 0.15) is 0 Å². The minimum Gasteiger partial charge on any atom is -0.453 e. The first-order chi connectivity index (χ1) is 48.1. The molecule has 0 aliphatic carbocycles. The predicted octanol–water partition coefficient (Wildman–Crippen LogP) is 13.6. The van der Waals surface area contributed by atoms with Crippen molar-refractivity contribution in [1.29, 1.82) is 0 Å². The molecule has 0 spiro atoms. The summed E-state index contributed by atoms with van der Waals surface area (Å²) in [6.07, 6.45) is 0. The van der Waals surface area contributed by atoms with E-state index in [1.807, 2.05) is 36.4 Å². The Bertz CT molecular complexity index is 5120. The molecule has 456 valence electrons. The average molecular weight is 1270 g/mol. The molecule has 0 saturated heterocycles. The number of aromatic nitrogens is 3. The van der Waals surface area contributed by atoms with Gasteiger partial charge in [-0.15, -0.1) is 0 Å². The highest BCUT2D eigenvalue weighted by atomic mass is 28.3. The summed E-state index contributed by atoms with van der Waals surface area (Å²) in [5.41, 5.74) is 13.1. The monoisotopic (exact) mass is 1270 g/mol. The van der Waals surface area contributed by atoms with Gasteiger partial charge in [0.05, 0.1) is 17.1 Å². The molecule has 7 nitrogen and oxygen atoms in total. The molecule has 0 bridgehead atoms. The first-order valence-corrected chi connectivity index (χ1v) is 37.1. The number of hydrogen-bond acceptors (Lipinski definition) is 7. The number of anilines is 9. The van der Waals surface area contributed by atoms with Crippen LogP contribution in [0.2, 0.25) is 0 Å². The van der Waals surface area contributed by atoms with E-state index in [9.17, 15) is 0 Å². The molecule has 0 fully saturated rings. The second-order valence-electron chi connectivity index (χ2n) is 25.0. The Morgan fingerprint density at radius 2 is 0.608 bits per heavy atom. The number of ether oxygens (including phenoxy) is 1. The summed E-state index contributed by atoms with van der Waals surface area (Å²) in [7, 11) is -6.30. The number of nitrogens with zero attached hydrogens (tertiary/aromatic N) is 6. The van der Waals surface area contributed by atoms with E-state index < -0.39 is 16.1 Å². The van der Waals surface area contributed by atoms with Crippen LogP contribution in [-0.4, -0.2) is 37.8 Å². The van der Waals surface area contributed by atoms with Gasteiger partial charge in [-0.1, -0.05) is 309 Å². The molecule has 1 aromatic heterocycles. The number of fused-ring (bicyclic) bond motifs is 6. The molecule has 0 unspecified atom stereocenters. The maximum absolute atomic E-state index is 6.84. The number of rotatable bonds is 13. The molecule has 97 heavy (non-hydrogen) atoms. The fourth-order valence-electron chi connectivity index (χ4n) is 15.7. The van der Waals surface area contributed by atoms with Gasteiger partial charge in [0.1, 0.15) is 0 Å². The number of para-hydroxylation sites is 5. The van der Waals surface area contributed by atoms with E-state index in [-0.39, 0.29) is 6.71 Å². The van der Waals surface area contributed by atoms with Gasteiger partial charge in [-0.05, 0) is 119 Å². The highest BCUT2D eigenvalue weighted by Crippen LogP contribution is 2.53. The van der Waals surface area contributed by atoms with Crippen LogP contribution in [0.4, 0.5) is 51.4 Å². The molecule has 0 amide bonds. The minimum absolute atomic E-state index is 0.268. The molecular weight excluding hydrogens is 1210 g/mol. The third-order valence-corrected chi connectivity index (χ3v) is 29.3. The van der Waals surface area contributed by atoms with Gasteiger partial charge in [-0.25, -0.2) is 4.98 Å². The Balaban J connectivity index is 0.990. The van der Waals surface area contributed by atoms with E-state index in [0.717, 1.165) is 79.1 Å². The standard InChI is InChI=1S/C87H61BN6OSi2/c1-9-32-62(33-10-1)85-89-86(63-34-11-2-12-35-63)91-87(90-85)94-76-51-26-25-50-74(76)88-75-57-56-73(97(69-43-19-6-20-44-69,70-45-21-7-22-46-70)71-47-23-8-24-48-71)61-79(75)92(80-59-65(60-81(94)84(80)88)93-77-52-27-29-54-82(77)95-83-55-30-28-53-78(83)93)64-36-31-49-72(58-64)96(66-37-13-3-14-38-66,67-39-15-4-16-40-67)68-41-17-5-18-42-68/h1-61H. The maximum atomic E-state index is 6.84. The van der Waals surface area contributed by atoms with Crippen LogP contribution in [0.15, 0.2) is 370 Å². The van der Waals surface area contributed by atoms with E-state index in [0.29, 0.717) is 17.6 Å². The van der Waals surface area contributed by atoms with Crippen LogP contribution in [0.5, 0.6) is 11.5 Å². The van der Waals surface area contributed by atoms with E-state index in [1.165, 1.54) is 47.0 Å². The van der Waals surface area contributed by atoms with Crippen molar-refractivity contribution in [2.75, 3.05) is 14.7 Å². The molecule has 15 aromatic rings. The Labute approximate surface area is 567 Å². The molecule has 3 aliphatic rings. The fraction of sp³-hybridized carbons (Fsp3) is 0. The maximum Gasteiger partial charge on any atom is 0.252 e.